The van der Waals surface area contributed by atoms with E-state index in [1.807, 2.05) is 24.3 Å². The van der Waals surface area contributed by atoms with Gasteiger partial charge in [-0.25, -0.2) is 4.79 Å². The fourth-order valence-corrected chi connectivity index (χ4v) is 3.94. The topological polar surface area (TPSA) is 58.6 Å². The van der Waals surface area contributed by atoms with Gasteiger partial charge in [0.1, 0.15) is 6.61 Å². The molecule has 0 aliphatic heterocycles. The van der Waals surface area contributed by atoms with Gasteiger partial charge in [-0.05, 0) is 39.9 Å². The number of carbonyl (C=O) groups excluding carboxylic acids is 1. The fraction of sp³-hybridized carbons (Fsp3) is 0.174. The van der Waals surface area contributed by atoms with Gasteiger partial charge in [-0.2, -0.15) is 0 Å². The smallest absolute Gasteiger partial charge is 0.407 e. The molecule has 2 N–H and O–H groups in total. The van der Waals surface area contributed by atoms with Crippen molar-refractivity contribution in [1.82, 2.24) is 5.32 Å². The molecule has 1 aliphatic rings. The summed E-state index contributed by atoms with van der Waals surface area (Å²) in [6.45, 7) is -0.0158. The molecule has 1 amide bonds. The zero-order valence-corrected chi connectivity index (χ0v) is 15.9. The van der Waals surface area contributed by atoms with E-state index in [4.69, 9.17) is 16.3 Å². The minimum absolute atomic E-state index is 0.00287. The number of aliphatic hydroxyl groups excluding tert-OH is 1. The van der Waals surface area contributed by atoms with Gasteiger partial charge in [-0.3, -0.25) is 0 Å². The Kier molecular flexibility index (Phi) is 5.33. The number of hydrogen-bond acceptors (Lipinski definition) is 3. The van der Waals surface area contributed by atoms with Gasteiger partial charge in [0.25, 0.3) is 0 Å². The maximum atomic E-state index is 12.4. The average molecular weight is 394 g/mol. The molecule has 3 aromatic rings. The van der Waals surface area contributed by atoms with Crippen molar-refractivity contribution in [2.45, 2.75) is 12.0 Å². The van der Waals surface area contributed by atoms with Crippen LogP contribution in [0.15, 0.2) is 72.8 Å². The molecule has 0 fully saturated rings. The van der Waals surface area contributed by atoms with Gasteiger partial charge >= 0.3 is 6.09 Å². The first-order valence-corrected chi connectivity index (χ1v) is 9.53. The molecule has 0 saturated heterocycles. The molecule has 3 aromatic carbocycles. The van der Waals surface area contributed by atoms with Crippen LogP contribution in [0.3, 0.4) is 0 Å². The van der Waals surface area contributed by atoms with Gasteiger partial charge in [0.05, 0.1) is 12.6 Å². The van der Waals surface area contributed by atoms with E-state index in [1.54, 1.807) is 24.3 Å². The largest absolute Gasteiger partial charge is 0.449 e. The van der Waals surface area contributed by atoms with Crippen LogP contribution in [0.1, 0.15) is 28.7 Å². The van der Waals surface area contributed by atoms with Gasteiger partial charge in [0.15, 0.2) is 0 Å². The lowest BCUT2D eigenvalue weighted by atomic mass is 9.98. The summed E-state index contributed by atoms with van der Waals surface area (Å²) in [4.78, 5) is 12.4. The van der Waals surface area contributed by atoms with Crippen LogP contribution in [0.4, 0.5) is 4.79 Å². The van der Waals surface area contributed by atoms with E-state index >= 15 is 0 Å². The Hall–Kier alpha value is -2.82. The number of benzene rings is 3. The zero-order chi connectivity index (χ0) is 19.5. The Balaban J connectivity index is 1.46. The Labute approximate surface area is 168 Å². The Bertz CT molecular complexity index is 959. The van der Waals surface area contributed by atoms with Crippen LogP contribution in [-0.4, -0.2) is 24.4 Å². The molecule has 4 nitrogen and oxygen atoms in total. The minimum atomic E-state index is -0.575. The highest BCUT2D eigenvalue weighted by molar-refractivity contribution is 6.30. The van der Waals surface area contributed by atoms with Crippen molar-refractivity contribution in [3.8, 4) is 11.1 Å². The number of ether oxygens (including phenoxy) is 1. The van der Waals surface area contributed by atoms with Crippen LogP contribution in [0.5, 0.6) is 0 Å². The van der Waals surface area contributed by atoms with Gasteiger partial charge in [0.2, 0.25) is 0 Å². The van der Waals surface area contributed by atoms with Crippen LogP contribution < -0.4 is 5.32 Å². The molecule has 0 bridgehead atoms. The lowest BCUT2D eigenvalue weighted by molar-refractivity contribution is 0.132. The molecule has 1 aliphatic carbocycles. The molecule has 4 rings (SSSR count). The number of hydrogen-bond donors (Lipinski definition) is 2. The Morgan fingerprint density at radius 1 is 1.00 bits per heavy atom. The molecule has 5 heteroatoms. The van der Waals surface area contributed by atoms with Crippen LogP contribution in [0, 0.1) is 0 Å². The number of amides is 1. The predicted octanol–water partition coefficient (Wildman–Crippen LogP) is 4.91. The third kappa shape index (κ3) is 3.61. The van der Waals surface area contributed by atoms with Crippen LogP contribution in [0.25, 0.3) is 11.1 Å². The molecule has 142 valence electrons. The van der Waals surface area contributed by atoms with Crippen molar-refractivity contribution >= 4 is 17.7 Å². The number of halogens is 1. The van der Waals surface area contributed by atoms with Gasteiger partial charge < -0.3 is 15.2 Å². The van der Waals surface area contributed by atoms with Crippen LogP contribution in [0.2, 0.25) is 5.02 Å². The summed E-state index contributed by atoms with van der Waals surface area (Å²) in [5.74, 6) is -0.00287. The maximum Gasteiger partial charge on any atom is 0.407 e. The SMILES string of the molecule is O=C(NC(CO)c1cccc(Cl)c1)OCC1c2ccccc2-c2ccccc21. The summed E-state index contributed by atoms with van der Waals surface area (Å²) < 4.78 is 5.53. The second-order valence-corrected chi connectivity index (χ2v) is 7.20. The number of alkyl carbamates (subject to hydrolysis) is 1. The fourth-order valence-electron chi connectivity index (χ4n) is 3.74. The molecule has 0 spiro atoms. The van der Waals surface area contributed by atoms with Crippen LogP contribution in [-0.2, 0) is 4.74 Å². The van der Waals surface area contributed by atoms with E-state index in [0.717, 1.165) is 16.7 Å². The first-order valence-electron chi connectivity index (χ1n) is 9.15. The first-order chi connectivity index (χ1) is 13.7. The molecule has 0 aromatic heterocycles. The summed E-state index contributed by atoms with van der Waals surface area (Å²) >= 11 is 6.00. The molecule has 0 radical (unpaired) electrons. The van der Waals surface area contributed by atoms with E-state index < -0.39 is 12.1 Å². The van der Waals surface area contributed by atoms with E-state index in [2.05, 4.69) is 29.6 Å². The van der Waals surface area contributed by atoms with E-state index in [0.29, 0.717) is 5.02 Å². The minimum Gasteiger partial charge on any atom is -0.449 e. The van der Waals surface area contributed by atoms with Crippen molar-refractivity contribution < 1.29 is 14.6 Å². The summed E-state index contributed by atoms with van der Waals surface area (Å²) in [6.07, 6.45) is -0.569. The zero-order valence-electron chi connectivity index (χ0n) is 15.1. The summed E-state index contributed by atoms with van der Waals surface area (Å²) in [6, 6.07) is 22.8. The molecule has 1 unspecified atom stereocenters. The van der Waals surface area contributed by atoms with E-state index in [9.17, 15) is 9.90 Å². The Morgan fingerprint density at radius 3 is 2.25 bits per heavy atom. The van der Waals surface area contributed by atoms with E-state index in [1.165, 1.54) is 11.1 Å². The average Bonchev–Trinajstić information content (AvgIpc) is 3.04. The van der Waals surface area contributed by atoms with Gasteiger partial charge in [-0.1, -0.05) is 72.3 Å². The number of aliphatic hydroxyl groups is 1. The van der Waals surface area contributed by atoms with Crippen molar-refractivity contribution in [2.75, 3.05) is 13.2 Å². The molecule has 1 atom stereocenters. The second-order valence-electron chi connectivity index (χ2n) is 6.76. The van der Waals surface area contributed by atoms with Gasteiger partial charge in [0, 0.05) is 10.9 Å². The van der Waals surface area contributed by atoms with Crippen LogP contribution >= 0.6 is 11.6 Å². The molecule has 0 saturated carbocycles. The number of fused-ring (bicyclic) bond motifs is 3. The molecular formula is C23H20ClNO3. The second kappa shape index (κ2) is 8.05. The Morgan fingerprint density at radius 2 is 1.64 bits per heavy atom. The normalized spacial score (nSPS) is 13.5. The number of nitrogens with one attached hydrogen (secondary N) is 1. The molecule has 28 heavy (non-hydrogen) atoms. The predicted molar refractivity (Wildman–Crippen MR) is 109 cm³/mol. The lowest BCUT2D eigenvalue weighted by Crippen LogP contribution is -2.32. The van der Waals surface area contributed by atoms with Crippen molar-refractivity contribution in [3.63, 3.8) is 0 Å². The molecule has 0 heterocycles. The summed E-state index contributed by atoms with van der Waals surface area (Å²) in [7, 11) is 0. The third-order valence-corrected chi connectivity index (χ3v) is 5.30. The molecular weight excluding hydrogens is 374 g/mol. The standard InChI is InChI=1S/C23H20ClNO3/c24-16-7-5-6-15(12-16)22(13-26)25-23(27)28-14-21-19-10-3-1-8-17(19)18-9-2-4-11-20(18)21/h1-12,21-22,26H,13-14H2,(H,25,27). The summed E-state index contributed by atoms with van der Waals surface area (Å²) in [5, 5.41) is 12.9. The van der Waals surface area contributed by atoms with Crippen molar-refractivity contribution in [1.29, 1.82) is 0 Å². The van der Waals surface area contributed by atoms with Crippen molar-refractivity contribution in [3.05, 3.63) is 94.5 Å². The van der Waals surface area contributed by atoms with Crippen molar-refractivity contribution in [2.24, 2.45) is 0 Å². The number of rotatable bonds is 5. The monoisotopic (exact) mass is 393 g/mol. The lowest BCUT2D eigenvalue weighted by Gasteiger charge is -2.19. The first kappa shape index (κ1) is 18.5. The number of carbonyl (C=O) groups is 1. The van der Waals surface area contributed by atoms with Gasteiger partial charge in [-0.15, -0.1) is 0 Å². The van der Waals surface area contributed by atoms with E-state index in [-0.39, 0.29) is 19.1 Å². The third-order valence-electron chi connectivity index (χ3n) is 5.07. The highest BCUT2D eigenvalue weighted by Gasteiger charge is 2.29. The highest BCUT2D eigenvalue weighted by Crippen LogP contribution is 2.44. The maximum absolute atomic E-state index is 12.4. The highest BCUT2D eigenvalue weighted by atomic mass is 35.5. The quantitative estimate of drug-likeness (QED) is 0.647. The summed E-state index contributed by atoms with van der Waals surface area (Å²) in [5.41, 5.74) is 5.40.